The van der Waals surface area contributed by atoms with E-state index in [1.165, 1.54) is 24.5 Å². The van der Waals surface area contributed by atoms with Crippen LogP contribution in [0, 0.1) is 11.8 Å². The van der Waals surface area contributed by atoms with E-state index in [4.69, 9.17) is 21.4 Å². The smallest absolute Gasteiger partial charge is 0.270 e. The van der Waals surface area contributed by atoms with Crippen molar-refractivity contribution < 1.29 is 17.6 Å². The van der Waals surface area contributed by atoms with Crippen molar-refractivity contribution >= 4 is 33.3 Å². The van der Waals surface area contributed by atoms with E-state index in [0.717, 1.165) is 11.3 Å². The summed E-state index contributed by atoms with van der Waals surface area (Å²) in [4.78, 5) is 2.53. The number of ether oxygens (including phenoxy) is 1. The van der Waals surface area contributed by atoms with Gasteiger partial charge in [-0.2, -0.15) is 0 Å². The lowest BCUT2D eigenvalue weighted by Gasteiger charge is -2.18. The maximum Gasteiger partial charge on any atom is 0.270 e. The topological polar surface area (TPSA) is 67.9 Å². The van der Waals surface area contributed by atoms with Crippen LogP contribution in [0.25, 0.3) is 11.1 Å². The highest BCUT2D eigenvalue weighted by atomic mass is 32.2. The Hall–Kier alpha value is -2.20. The van der Waals surface area contributed by atoms with Gasteiger partial charge in [0.05, 0.1) is 17.1 Å². The number of hydrogen-bond acceptors (Lipinski definition) is 6. The highest BCUT2D eigenvalue weighted by molar-refractivity contribution is 7.89. The Balaban J connectivity index is 1.75. The minimum absolute atomic E-state index is 0.199. The molecule has 1 heterocycles. The van der Waals surface area contributed by atoms with E-state index < -0.39 is 10.0 Å². The summed E-state index contributed by atoms with van der Waals surface area (Å²) in [6, 6.07) is 12.7. The van der Waals surface area contributed by atoms with Crippen molar-refractivity contribution in [2.45, 2.75) is 18.5 Å². The summed E-state index contributed by atoms with van der Waals surface area (Å²) in [5.41, 5.74) is 2.34. The van der Waals surface area contributed by atoms with Crippen molar-refractivity contribution in [1.29, 1.82) is 0 Å². The van der Waals surface area contributed by atoms with Crippen molar-refractivity contribution in [1.82, 2.24) is 13.8 Å². The van der Waals surface area contributed by atoms with E-state index in [-0.39, 0.29) is 4.90 Å². The third kappa shape index (κ3) is 4.87. The molecular weight excluding hydrogens is 410 g/mol. The van der Waals surface area contributed by atoms with Gasteiger partial charge >= 0.3 is 0 Å². The number of sulfonamides is 1. The molecule has 0 spiro atoms. The summed E-state index contributed by atoms with van der Waals surface area (Å²) >= 11 is 5.34. The van der Waals surface area contributed by atoms with Crippen LogP contribution in [0.4, 0.5) is 0 Å². The maximum atomic E-state index is 12.4. The molecular formula is C20H25N3O4S2. The summed E-state index contributed by atoms with van der Waals surface area (Å²) in [5, 5.41) is 0. The van der Waals surface area contributed by atoms with E-state index in [2.05, 4.69) is 0 Å². The van der Waals surface area contributed by atoms with Crippen LogP contribution in [-0.4, -0.2) is 56.5 Å². The number of aryl methyl sites for hydroxylation is 1. The van der Waals surface area contributed by atoms with Crippen LogP contribution in [0.3, 0.4) is 0 Å². The van der Waals surface area contributed by atoms with E-state index in [9.17, 15) is 8.42 Å². The fourth-order valence-corrected chi connectivity index (χ4v) is 4.05. The highest BCUT2D eigenvalue weighted by Crippen LogP contribution is 2.23. The van der Waals surface area contributed by atoms with Gasteiger partial charge in [0, 0.05) is 20.6 Å². The molecule has 0 aliphatic heterocycles. The zero-order valence-electron chi connectivity index (χ0n) is 17.0. The van der Waals surface area contributed by atoms with Crippen LogP contribution < -0.4 is 4.74 Å². The average molecular weight is 436 g/mol. The van der Waals surface area contributed by atoms with E-state index in [0.29, 0.717) is 35.8 Å². The Bertz CT molecular complexity index is 1170. The van der Waals surface area contributed by atoms with E-state index in [1.54, 1.807) is 16.7 Å². The molecule has 3 rings (SSSR count). The van der Waals surface area contributed by atoms with Crippen molar-refractivity contribution in [3.05, 3.63) is 52.9 Å². The molecule has 0 aliphatic rings. The summed E-state index contributed by atoms with van der Waals surface area (Å²) in [6.45, 7) is 3.66. The quantitative estimate of drug-likeness (QED) is 0.505. The van der Waals surface area contributed by atoms with Gasteiger partial charge < -0.3 is 9.15 Å². The lowest BCUT2D eigenvalue weighted by atomic mass is 10.2. The molecule has 9 heteroatoms. The van der Waals surface area contributed by atoms with Gasteiger partial charge in [0.25, 0.3) is 4.84 Å². The van der Waals surface area contributed by atoms with Gasteiger partial charge in [-0.3, -0.25) is 9.47 Å². The molecule has 0 unspecified atom stereocenters. The highest BCUT2D eigenvalue weighted by Gasteiger charge is 2.19. The number of rotatable bonds is 8. The zero-order valence-corrected chi connectivity index (χ0v) is 18.6. The fraction of sp³-hybridized carbons (Fsp3) is 0.350. The van der Waals surface area contributed by atoms with Gasteiger partial charge in [0.1, 0.15) is 12.4 Å². The standard InChI is InChI=1S/C20H25N3O4S2/c1-15-6-5-7-16(12-15)26-11-10-22(4)14-23-18-13-17(29(24,25)21(2)3)8-9-19(18)27-20(23)28/h5-9,12-13H,10-11,14H2,1-4H3. The SMILES string of the molecule is Cc1cccc(OCCN(C)Cn2c(=S)oc3ccc(S(=O)(=O)N(C)C)cc32)c1. The monoisotopic (exact) mass is 435 g/mol. The number of oxazole rings is 1. The van der Waals surface area contributed by atoms with Gasteiger partial charge in [-0.25, -0.2) is 12.7 Å². The predicted octanol–water partition coefficient (Wildman–Crippen LogP) is 3.49. The summed E-state index contributed by atoms with van der Waals surface area (Å²) in [7, 11) is 1.41. The van der Waals surface area contributed by atoms with Crippen molar-refractivity contribution in [3.63, 3.8) is 0 Å². The van der Waals surface area contributed by atoms with Gasteiger partial charge in [-0.1, -0.05) is 12.1 Å². The van der Waals surface area contributed by atoms with Crippen molar-refractivity contribution in [3.8, 4) is 5.75 Å². The molecule has 1 aromatic heterocycles. The number of benzene rings is 2. The van der Waals surface area contributed by atoms with Crippen LogP contribution in [0.5, 0.6) is 5.75 Å². The summed E-state index contributed by atoms with van der Waals surface area (Å²) < 4.78 is 39.3. The largest absolute Gasteiger partial charge is 0.492 e. The van der Waals surface area contributed by atoms with Crippen LogP contribution >= 0.6 is 12.2 Å². The Morgan fingerprint density at radius 3 is 2.59 bits per heavy atom. The second-order valence-corrected chi connectivity index (χ2v) is 9.60. The first-order valence-corrected chi connectivity index (χ1v) is 11.0. The van der Waals surface area contributed by atoms with Gasteiger partial charge in [-0.15, -0.1) is 0 Å². The Morgan fingerprint density at radius 1 is 1.14 bits per heavy atom. The molecule has 0 aliphatic carbocycles. The van der Waals surface area contributed by atoms with E-state index >= 15 is 0 Å². The molecule has 0 radical (unpaired) electrons. The maximum absolute atomic E-state index is 12.4. The molecule has 3 aromatic rings. The van der Waals surface area contributed by atoms with Gasteiger partial charge in [0.2, 0.25) is 10.0 Å². The molecule has 0 fully saturated rings. The lowest BCUT2D eigenvalue weighted by molar-refractivity contribution is 0.205. The van der Waals surface area contributed by atoms with Gasteiger partial charge in [0.15, 0.2) is 5.58 Å². The molecule has 0 N–H and O–H groups in total. The number of hydrogen-bond donors (Lipinski definition) is 0. The minimum Gasteiger partial charge on any atom is -0.492 e. The lowest BCUT2D eigenvalue weighted by Crippen LogP contribution is -2.27. The molecule has 7 nitrogen and oxygen atoms in total. The summed E-state index contributed by atoms with van der Waals surface area (Å²) in [6.07, 6.45) is 0. The molecule has 2 aromatic carbocycles. The Kier molecular flexibility index (Phi) is 6.42. The first-order chi connectivity index (χ1) is 13.7. The zero-order chi connectivity index (χ0) is 21.2. The molecule has 29 heavy (non-hydrogen) atoms. The first kappa shape index (κ1) is 21.5. The fourth-order valence-electron chi connectivity index (χ4n) is 2.88. The molecule has 0 saturated heterocycles. The molecule has 156 valence electrons. The van der Waals surface area contributed by atoms with Gasteiger partial charge in [-0.05, 0) is 62.1 Å². The number of nitrogens with zero attached hydrogens (tertiary/aromatic N) is 3. The van der Waals surface area contributed by atoms with Crippen LogP contribution in [0.2, 0.25) is 0 Å². The molecule has 0 atom stereocenters. The van der Waals surface area contributed by atoms with Crippen LogP contribution in [-0.2, 0) is 16.7 Å². The van der Waals surface area contributed by atoms with Crippen molar-refractivity contribution in [2.75, 3.05) is 34.3 Å². The van der Waals surface area contributed by atoms with E-state index in [1.807, 2.05) is 43.1 Å². The molecule has 0 bridgehead atoms. The second kappa shape index (κ2) is 8.66. The normalized spacial score (nSPS) is 12.2. The van der Waals surface area contributed by atoms with Crippen LogP contribution in [0.1, 0.15) is 5.56 Å². The Labute approximate surface area is 176 Å². The molecule has 0 saturated carbocycles. The number of fused-ring (bicyclic) bond motifs is 1. The first-order valence-electron chi connectivity index (χ1n) is 9.12. The summed E-state index contributed by atoms with van der Waals surface area (Å²) in [5.74, 6) is 0.835. The molecule has 0 amide bonds. The third-order valence-corrected chi connectivity index (χ3v) is 6.65. The third-order valence-electron chi connectivity index (χ3n) is 4.53. The Morgan fingerprint density at radius 2 is 1.90 bits per heavy atom. The second-order valence-electron chi connectivity index (χ2n) is 7.10. The number of aromatic nitrogens is 1. The van der Waals surface area contributed by atoms with Crippen LogP contribution in [0.15, 0.2) is 51.8 Å². The minimum atomic E-state index is -3.54. The van der Waals surface area contributed by atoms with Crippen molar-refractivity contribution in [2.24, 2.45) is 0 Å². The average Bonchev–Trinajstić information content (AvgIpc) is 2.96. The number of likely N-dealkylation sites (N-methyl/N-ethyl adjacent to an activating group) is 1. The predicted molar refractivity (Wildman–Crippen MR) is 115 cm³/mol.